The first kappa shape index (κ1) is 15.1. The highest BCUT2D eigenvalue weighted by atomic mass is 35.5. The van der Waals surface area contributed by atoms with Crippen LogP contribution in [-0.4, -0.2) is 42.6 Å². The number of aromatic nitrogens is 1. The second-order valence-corrected chi connectivity index (χ2v) is 7.56. The van der Waals surface area contributed by atoms with Gasteiger partial charge in [0.25, 0.3) is 0 Å². The number of rotatable bonds is 1. The number of benzene rings is 1. The van der Waals surface area contributed by atoms with Gasteiger partial charge in [0.2, 0.25) is 0 Å². The third kappa shape index (κ3) is 2.47. The number of nitrogens with one attached hydrogen (secondary N) is 1. The molecule has 23 heavy (non-hydrogen) atoms. The van der Waals surface area contributed by atoms with Gasteiger partial charge in [0.05, 0.1) is 10.5 Å². The quantitative estimate of drug-likeness (QED) is 0.835. The molecule has 2 aliphatic rings. The topological polar surface area (TPSA) is 22.3 Å². The standard InChI is InChI=1S/C19H24ClN3/c1-12-10-15-17-16(20)5-4-13(2)18(17)21-19(15)23(11-12)14-6-8-22(3)9-7-14/h4-5,10,14,21H,6-9,11H2,1-3H3. The van der Waals surface area contributed by atoms with Gasteiger partial charge in [0, 0.05) is 23.5 Å². The molecule has 0 saturated carbocycles. The molecule has 1 aromatic heterocycles. The number of nitrogens with zero attached hydrogens (tertiary/aromatic N) is 2. The molecule has 0 bridgehead atoms. The van der Waals surface area contributed by atoms with Crippen LogP contribution in [0.3, 0.4) is 0 Å². The Kier molecular flexibility index (Phi) is 3.66. The van der Waals surface area contributed by atoms with Crippen LogP contribution in [0.2, 0.25) is 5.02 Å². The zero-order valence-corrected chi connectivity index (χ0v) is 14.9. The molecule has 0 radical (unpaired) electrons. The van der Waals surface area contributed by atoms with Crippen molar-refractivity contribution in [3.63, 3.8) is 0 Å². The van der Waals surface area contributed by atoms with Crippen molar-refractivity contribution in [2.75, 3.05) is 31.6 Å². The van der Waals surface area contributed by atoms with Gasteiger partial charge in [-0.05, 0) is 64.5 Å². The Balaban J connectivity index is 1.84. The Morgan fingerprint density at radius 3 is 2.65 bits per heavy atom. The van der Waals surface area contributed by atoms with E-state index in [0.29, 0.717) is 6.04 Å². The van der Waals surface area contributed by atoms with E-state index in [-0.39, 0.29) is 0 Å². The molecule has 3 heterocycles. The molecule has 0 aliphatic carbocycles. The fourth-order valence-corrected chi connectivity index (χ4v) is 4.29. The lowest BCUT2D eigenvalue weighted by Gasteiger charge is -2.40. The van der Waals surface area contributed by atoms with Crippen LogP contribution in [0.15, 0.2) is 17.7 Å². The minimum absolute atomic E-state index is 0.612. The maximum Gasteiger partial charge on any atom is 0.114 e. The number of likely N-dealkylation sites (tertiary alicyclic amines) is 1. The van der Waals surface area contributed by atoms with E-state index in [1.807, 2.05) is 6.07 Å². The van der Waals surface area contributed by atoms with E-state index in [1.165, 1.54) is 59.4 Å². The maximum absolute atomic E-state index is 6.53. The summed E-state index contributed by atoms with van der Waals surface area (Å²) in [6.45, 7) is 7.76. The number of anilines is 1. The van der Waals surface area contributed by atoms with Crippen molar-refractivity contribution in [3.05, 3.63) is 33.9 Å². The van der Waals surface area contributed by atoms with Gasteiger partial charge in [-0.2, -0.15) is 0 Å². The zero-order valence-electron chi connectivity index (χ0n) is 14.1. The molecule has 4 heteroatoms. The second-order valence-electron chi connectivity index (χ2n) is 7.15. The van der Waals surface area contributed by atoms with Gasteiger partial charge in [-0.25, -0.2) is 0 Å². The SMILES string of the molecule is CC1=Cc2c([nH]c3c(C)ccc(Cl)c23)N(C2CCN(C)CC2)C1. The molecule has 1 saturated heterocycles. The van der Waals surface area contributed by atoms with Crippen molar-refractivity contribution in [2.45, 2.75) is 32.7 Å². The summed E-state index contributed by atoms with van der Waals surface area (Å²) in [6, 6.07) is 4.73. The Morgan fingerprint density at radius 1 is 1.17 bits per heavy atom. The highest BCUT2D eigenvalue weighted by Crippen LogP contribution is 2.40. The van der Waals surface area contributed by atoms with E-state index < -0.39 is 0 Å². The molecule has 4 rings (SSSR count). The summed E-state index contributed by atoms with van der Waals surface area (Å²) in [7, 11) is 2.22. The highest BCUT2D eigenvalue weighted by molar-refractivity contribution is 6.36. The van der Waals surface area contributed by atoms with Gasteiger partial charge in [0.1, 0.15) is 5.82 Å². The van der Waals surface area contributed by atoms with Crippen LogP contribution in [0.4, 0.5) is 5.82 Å². The minimum Gasteiger partial charge on any atom is -0.351 e. The Bertz CT molecular complexity index is 781. The normalized spacial score (nSPS) is 20.0. The van der Waals surface area contributed by atoms with Crippen molar-refractivity contribution in [3.8, 4) is 0 Å². The smallest absolute Gasteiger partial charge is 0.114 e. The van der Waals surface area contributed by atoms with Crippen LogP contribution < -0.4 is 4.90 Å². The van der Waals surface area contributed by atoms with Gasteiger partial charge in [-0.15, -0.1) is 0 Å². The van der Waals surface area contributed by atoms with E-state index in [4.69, 9.17) is 11.6 Å². The summed E-state index contributed by atoms with van der Waals surface area (Å²) in [5.41, 5.74) is 5.13. The Labute approximate surface area is 142 Å². The predicted molar refractivity (Wildman–Crippen MR) is 99.6 cm³/mol. The van der Waals surface area contributed by atoms with Crippen LogP contribution in [0.1, 0.15) is 30.9 Å². The van der Waals surface area contributed by atoms with Crippen LogP contribution in [-0.2, 0) is 0 Å². The molecular formula is C19H24ClN3. The number of halogens is 1. The summed E-state index contributed by atoms with van der Waals surface area (Å²) in [5, 5.41) is 2.02. The number of hydrogen-bond donors (Lipinski definition) is 1. The molecule has 3 nitrogen and oxygen atoms in total. The summed E-state index contributed by atoms with van der Waals surface area (Å²) in [4.78, 5) is 8.69. The minimum atomic E-state index is 0.612. The van der Waals surface area contributed by atoms with E-state index >= 15 is 0 Å². The predicted octanol–water partition coefficient (Wildman–Crippen LogP) is 4.45. The molecular weight excluding hydrogens is 306 g/mol. The lowest BCUT2D eigenvalue weighted by molar-refractivity contribution is 0.250. The first-order valence-electron chi connectivity index (χ1n) is 8.47. The van der Waals surface area contributed by atoms with E-state index in [1.54, 1.807) is 0 Å². The molecule has 1 fully saturated rings. The zero-order chi connectivity index (χ0) is 16.1. The average Bonchev–Trinajstić information content (AvgIpc) is 2.91. The molecule has 1 N–H and O–H groups in total. The van der Waals surface area contributed by atoms with Crippen molar-refractivity contribution in [1.29, 1.82) is 0 Å². The largest absolute Gasteiger partial charge is 0.351 e. The van der Waals surface area contributed by atoms with Crippen molar-refractivity contribution < 1.29 is 0 Å². The van der Waals surface area contributed by atoms with Gasteiger partial charge in [-0.1, -0.05) is 23.2 Å². The average molecular weight is 330 g/mol. The molecule has 2 aliphatic heterocycles. The third-order valence-electron chi connectivity index (χ3n) is 5.36. The number of H-pyrrole nitrogens is 1. The number of aryl methyl sites for hydroxylation is 1. The van der Waals surface area contributed by atoms with E-state index in [0.717, 1.165) is 11.6 Å². The van der Waals surface area contributed by atoms with E-state index in [9.17, 15) is 0 Å². The van der Waals surface area contributed by atoms with Crippen LogP contribution in [0.25, 0.3) is 17.0 Å². The number of aromatic amines is 1. The Morgan fingerprint density at radius 2 is 1.91 bits per heavy atom. The number of hydrogen-bond acceptors (Lipinski definition) is 2. The van der Waals surface area contributed by atoms with Gasteiger partial charge in [0.15, 0.2) is 0 Å². The van der Waals surface area contributed by atoms with Crippen LogP contribution >= 0.6 is 11.6 Å². The lowest BCUT2D eigenvalue weighted by atomic mass is 9.98. The number of fused-ring (bicyclic) bond motifs is 3. The maximum atomic E-state index is 6.53. The van der Waals surface area contributed by atoms with Crippen molar-refractivity contribution in [2.24, 2.45) is 0 Å². The fraction of sp³-hybridized carbons (Fsp3) is 0.474. The van der Waals surface area contributed by atoms with Gasteiger partial charge < -0.3 is 14.8 Å². The molecule has 122 valence electrons. The molecule has 0 atom stereocenters. The number of piperidine rings is 1. The highest BCUT2D eigenvalue weighted by Gasteiger charge is 2.29. The molecule has 2 aromatic rings. The summed E-state index contributed by atoms with van der Waals surface area (Å²) in [6.07, 6.45) is 4.77. The summed E-state index contributed by atoms with van der Waals surface area (Å²) in [5.74, 6) is 1.26. The molecule has 0 unspecified atom stereocenters. The first-order chi connectivity index (χ1) is 11.0. The third-order valence-corrected chi connectivity index (χ3v) is 5.67. The summed E-state index contributed by atoms with van der Waals surface area (Å²) < 4.78 is 0. The second kappa shape index (κ2) is 5.57. The van der Waals surface area contributed by atoms with E-state index in [2.05, 4.69) is 47.8 Å². The molecule has 0 amide bonds. The molecule has 0 spiro atoms. The summed E-state index contributed by atoms with van der Waals surface area (Å²) >= 11 is 6.53. The monoisotopic (exact) mass is 329 g/mol. The lowest BCUT2D eigenvalue weighted by Crippen LogP contribution is -2.45. The Hall–Kier alpha value is -1.45. The van der Waals surface area contributed by atoms with Crippen molar-refractivity contribution >= 4 is 34.4 Å². The van der Waals surface area contributed by atoms with Crippen LogP contribution in [0, 0.1) is 6.92 Å². The molecule has 1 aromatic carbocycles. The fourth-order valence-electron chi connectivity index (χ4n) is 4.04. The van der Waals surface area contributed by atoms with Gasteiger partial charge in [-0.3, -0.25) is 0 Å². The first-order valence-corrected chi connectivity index (χ1v) is 8.85. The van der Waals surface area contributed by atoms with Crippen molar-refractivity contribution in [1.82, 2.24) is 9.88 Å². The van der Waals surface area contributed by atoms with Crippen LogP contribution in [0.5, 0.6) is 0 Å². The van der Waals surface area contributed by atoms with Gasteiger partial charge >= 0.3 is 0 Å².